The predicted octanol–water partition coefficient (Wildman–Crippen LogP) is 2.68. The third-order valence-corrected chi connectivity index (χ3v) is 4.29. The second kappa shape index (κ2) is 7.23. The fourth-order valence-corrected chi connectivity index (χ4v) is 3.01. The first kappa shape index (κ1) is 16.7. The normalized spacial score (nSPS) is 16.9. The van der Waals surface area contributed by atoms with Crippen molar-refractivity contribution >= 4 is 22.6 Å². The van der Waals surface area contributed by atoms with E-state index in [-0.39, 0.29) is 12.0 Å². The van der Waals surface area contributed by atoms with Crippen molar-refractivity contribution in [2.24, 2.45) is 0 Å². The number of rotatable bonds is 5. The van der Waals surface area contributed by atoms with Crippen LogP contribution in [0.5, 0.6) is 0 Å². The summed E-state index contributed by atoms with van der Waals surface area (Å²) >= 11 is 0. The van der Waals surface area contributed by atoms with E-state index in [0.29, 0.717) is 19.0 Å². The van der Waals surface area contributed by atoms with Gasteiger partial charge in [0.1, 0.15) is 5.82 Å². The van der Waals surface area contributed by atoms with Crippen molar-refractivity contribution in [1.29, 1.82) is 0 Å². The summed E-state index contributed by atoms with van der Waals surface area (Å²) in [4.78, 5) is 15.5. The number of anilines is 1. The van der Waals surface area contributed by atoms with Gasteiger partial charge in [0.05, 0.1) is 36.7 Å². The van der Waals surface area contributed by atoms with Gasteiger partial charge in [-0.15, -0.1) is 0 Å². The fraction of sp³-hybridized carbons (Fsp3) is 0.316. The summed E-state index contributed by atoms with van der Waals surface area (Å²) in [7, 11) is 0. The Labute approximate surface area is 150 Å². The lowest BCUT2D eigenvalue weighted by atomic mass is 10.2. The van der Waals surface area contributed by atoms with E-state index < -0.39 is 0 Å². The summed E-state index contributed by atoms with van der Waals surface area (Å²) in [6, 6.07) is 9.90. The average molecular weight is 352 g/mol. The number of amides is 1. The first-order valence-corrected chi connectivity index (χ1v) is 8.59. The second-order valence-electron chi connectivity index (χ2n) is 6.33. The first-order chi connectivity index (χ1) is 12.7. The largest absolute Gasteiger partial charge is 0.379 e. The topological polar surface area (TPSA) is 78.3 Å². The highest BCUT2D eigenvalue weighted by Crippen LogP contribution is 2.21. The monoisotopic (exact) mass is 352 g/mol. The number of carbonyl (C=O) groups excluding carboxylic acids is 1. The Balaban J connectivity index is 1.60. The molecule has 7 nitrogen and oxygen atoms in total. The van der Waals surface area contributed by atoms with E-state index in [9.17, 15) is 4.79 Å². The third-order valence-electron chi connectivity index (χ3n) is 4.29. The Kier molecular flexibility index (Phi) is 4.64. The maximum atomic E-state index is 11.3. The van der Waals surface area contributed by atoms with Gasteiger partial charge in [-0.2, -0.15) is 5.10 Å². The molecule has 1 saturated heterocycles. The number of pyridine rings is 1. The highest BCUT2D eigenvalue weighted by atomic mass is 16.5. The summed E-state index contributed by atoms with van der Waals surface area (Å²) in [6.45, 7) is 3.44. The van der Waals surface area contributed by atoms with Crippen LogP contribution in [0.4, 0.5) is 5.82 Å². The van der Waals surface area contributed by atoms with Crippen LogP contribution < -0.4 is 5.32 Å². The standard InChI is InChI=1S/C19H20N4O3/c1-13(24)22-19-8-18-15(9-20-19)10-21-23(18)16-4-2-3-14(7-16)11-26-17-5-6-25-12-17/h2-4,7-10,17H,5-6,11-12H2,1H3,(H,20,22,24). The van der Waals surface area contributed by atoms with Gasteiger partial charge in [0.2, 0.25) is 5.91 Å². The zero-order chi connectivity index (χ0) is 17.9. The molecule has 1 aromatic carbocycles. The number of ether oxygens (including phenoxy) is 2. The minimum Gasteiger partial charge on any atom is -0.379 e. The number of benzene rings is 1. The lowest BCUT2D eigenvalue weighted by Gasteiger charge is -2.11. The van der Waals surface area contributed by atoms with Crippen molar-refractivity contribution in [3.05, 3.63) is 48.3 Å². The number of fused-ring (bicyclic) bond motifs is 1. The Bertz CT molecular complexity index is 931. The molecule has 1 unspecified atom stereocenters. The maximum absolute atomic E-state index is 11.3. The molecule has 0 bridgehead atoms. The molecule has 1 aliphatic heterocycles. The van der Waals surface area contributed by atoms with Crippen molar-refractivity contribution in [2.75, 3.05) is 18.5 Å². The quantitative estimate of drug-likeness (QED) is 0.764. The van der Waals surface area contributed by atoms with Gasteiger partial charge >= 0.3 is 0 Å². The minimum absolute atomic E-state index is 0.155. The van der Waals surface area contributed by atoms with Crippen LogP contribution >= 0.6 is 0 Å². The second-order valence-corrected chi connectivity index (χ2v) is 6.33. The molecule has 0 aliphatic carbocycles. The van der Waals surface area contributed by atoms with Crippen LogP contribution in [0.2, 0.25) is 0 Å². The Morgan fingerprint density at radius 3 is 3.12 bits per heavy atom. The zero-order valence-electron chi connectivity index (χ0n) is 14.5. The van der Waals surface area contributed by atoms with E-state index >= 15 is 0 Å². The Morgan fingerprint density at radius 1 is 1.38 bits per heavy atom. The highest BCUT2D eigenvalue weighted by molar-refractivity contribution is 5.90. The molecule has 0 radical (unpaired) electrons. The van der Waals surface area contributed by atoms with Crippen LogP contribution in [0.3, 0.4) is 0 Å². The molecule has 7 heteroatoms. The molecule has 26 heavy (non-hydrogen) atoms. The van der Waals surface area contributed by atoms with Gasteiger partial charge in [-0.3, -0.25) is 4.79 Å². The highest BCUT2D eigenvalue weighted by Gasteiger charge is 2.16. The first-order valence-electron chi connectivity index (χ1n) is 8.59. The lowest BCUT2D eigenvalue weighted by molar-refractivity contribution is -0.114. The van der Waals surface area contributed by atoms with E-state index in [2.05, 4.69) is 21.5 Å². The van der Waals surface area contributed by atoms with E-state index in [1.54, 1.807) is 12.4 Å². The van der Waals surface area contributed by atoms with Gasteiger partial charge in [-0.1, -0.05) is 12.1 Å². The summed E-state index contributed by atoms with van der Waals surface area (Å²) in [5, 5.41) is 8.08. The lowest BCUT2D eigenvalue weighted by Crippen LogP contribution is -2.12. The van der Waals surface area contributed by atoms with Crippen molar-refractivity contribution in [3.63, 3.8) is 0 Å². The van der Waals surface area contributed by atoms with Crippen molar-refractivity contribution in [3.8, 4) is 5.69 Å². The average Bonchev–Trinajstić information content (AvgIpc) is 3.29. The van der Waals surface area contributed by atoms with Crippen LogP contribution in [0.15, 0.2) is 42.7 Å². The fourth-order valence-electron chi connectivity index (χ4n) is 3.01. The van der Waals surface area contributed by atoms with E-state index in [4.69, 9.17) is 9.47 Å². The molecule has 0 saturated carbocycles. The molecule has 4 rings (SSSR count). The smallest absolute Gasteiger partial charge is 0.222 e. The number of hydrogen-bond donors (Lipinski definition) is 1. The van der Waals surface area contributed by atoms with Gasteiger partial charge in [-0.05, 0) is 24.1 Å². The number of carbonyl (C=O) groups is 1. The summed E-state index contributed by atoms with van der Waals surface area (Å²) < 4.78 is 13.1. The van der Waals surface area contributed by atoms with E-state index in [1.165, 1.54) is 6.92 Å². The van der Waals surface area contributed by atoms with Crippen molar-refractivity contribution in [1.82, 2.24) is 14.8 Å². The molecule has 134 valence electrons. The van der Waals surface area contributed by atoms with Crippen LogP contribution in [-0.4, -0.2) is 40.0 Å². The maximum Gasteiger partial charge on any atom is 0.222 e. The molecular formula is C19H20N4O3. The van der Waals surface area contributed by atoms with Crippen LogP contribution in [-0.2, 0) is 20.9 Å². The summed E-state index contributed by atoms with van der Waals surface area (Å²) in [6.07, 6.45) is 4.59. The molecule has 1 atom stereocenters. The number of aromatic nitrogens is 3. The molecule has 1 amide bonds. The van der Waals surface area contributed by atoms with Crippen molar-refractivity contribution in [2.45, 2.75) is 26.1 Å². The SMILES string of the molecule is CC(=O)Nc1cc2c(cn1)cnn2-c1cccc(COC2CCOC2)c1. The van der Waals surface area contributed by atoms with Gasteiger partial charge in [-0.25, -0.2) is 9.67 Å². The van der Waals surface area contributed by atoms with Gasteiger partial charge in [0.15, 0.2) is 0 Å². The zero-order valence-corrected chi connectivity index (χ0v) is 14.5. The minimum atomic E-state index is -0.155. The molecule has 1 fully saturated rings. The van der Waals surface area contributed by atoms with Gasteiger partial charge < -0.3 is 14.8 Å². The van der Waals surface area contributed by atoms with Gasteiger partial charge in [0, 0.05) is 31.2 Å². The van der Waals surface area contributed by atoms with Crippen LogP contribution in [0.1, 0.15) is 18.9 Å². The van der Waals surface area contributed by atoms with Crippen molar-refractivity contribution < 1.29 is 14.3 Å². The Morgan fingerprint density at radius 2 is 2.31 bits per heavy atom. The molecule has 3 aromatic rings. The third kappa shape index (κ3) is 3.58. The predicted molar refractivity (Wildman–Crippen MR) is 97.2 cm³/mol. The number of nitrogens with zero attached hydrogens (tertiary/aromatic N) is 3. The van der Waals surface area contributed by atoms with E-state index in [0.717, 1.165) is 35.2 Å². The van der Waals surface area contributed by atoms with Crippen LogP contribution in [0.25, 0.3) is 16.6 Å². The summed E-state index contributed by atoms with van der Waals surface area (Å²) in [5.74, 6) is 0.352. The molecule has 3 heterocycles. The molecule has 2 aromatic heterocycles. The number of hydrogen-bond acceptors (Lipinski definition) is 5. The van der Waals surface area contributed by atoms with Crippen LogP contribution in [0, 0.1) is 0 Å². The molecular weight excluding hydrogens is 332 g/mol. The summed E-state index contributed by atoms with van der Waals surface area (Å²) in [5.41, 5.74) is 2.89. The number of nitrogens with one attached hydrogen (secondary N) is 1. The van der Waals surface area contributed by atoms with E-state index in [1.807, 2.05) is 28.9 Å². The Hall–Kier alpha value is -2.77. The van der Waals surface area contributed by atoms with Gasteiger partial charge in [0.25, 0.3) is 0 Å². The molecule has 1 aliphatic rings. The molecule has 1 N–H and O–H groups in total. The molecule has 0 spiro atoms.